The summed E-state index contributed by atoms with van der Waals surface area (Å²) in [6, 6.07) is 11.0. The molecule has 3 atom stereocenters. The van der Waals surface area contributed by atoms with Crippen molar-refractivity contribution in [2.24, 2.45) is 16.6 Å². The van der Waals surface area contributed by atoms with Gasteiger partial charge in [0, 0.05) is 102 Å². The molecular weight excluding hydrogens is 899 g/mol. The summed E-state index contributed by atoms with van der Waals surface area (Å²) in [7, 11) is 0. The van der Waals surface area contributed by atoms with E-state index < -0.39 is 17.5 Å². The molecule has 71 heavy (non-hydrogen) atoms. The molecule has 0 radical (unpaired) electrons. The molecule has 5 aliphatic rings. The number of aromatic nitrogens is 3. The number of nitrogen functional groups attached to an aromatic ring is 1. The molecule has 17 nitrogen and oxygen atoms in total. The van der Waals surface area contributed by atoms with Gasteiger partial charge in [0.15, 0.2) is 0 Å². The highest BCUT2D eigenvalue weighted by atomic mass is 16.5. The van der Waals surface area contributed by atoms with E-state index in [1.54, 1.807) is 41.3 Å². The number of rotatable bonds is 13. The lowest BCUT2D eigenvalue weighted by atomic mass is 9.60. The molecule has 2 aromatic heterocycles. The number of phenols is 1. The molecule has 1 spiro atoms. The van der Waals surface area contributed by atoms with E-state index in [1.165, 1.54) is 0 Å². The van der Waals surface area contributed by atoms with Crippen LogP contribution in [0.4, 0.5) is 16.6 Å². The maximum Gasteiger partial charge on any atom is 0.318 e. The Morgan fingerprint density at radius 1 is 1.06 bits per heavy atom. The molecule has 9 N–H and O–H groups in total. The number of H-pyrrole nitrogens is 1. The summed E-state index contributed by atoms with van der Waals surface area (Å²) < 4.78 is 5.68. The molecule has 4 fully saturated rings. The van der Waals surface area contributed by atoms with Gasteiger partial charge in [-0.15, -0.1) is 6.42 Å². The van der Waals surface area contributed by atoms with E-state index in [-0.39, 0.29) is 54.8 Å². The van der Waals surface area contributed by atoms with Gasteiger partial charge in [-0.1, -0.05) is 44.9 Å². The quantitative estimate of drug-likeness (QED) is 0.0869. The third-order valence-electron chi connectivity index (χ3n) is 15.6. The number of aliphatic hydroxyl groups excluding tert-OH is 1. The first-order valence-electron chi connectivity index (χ1n) is 25.1. The van der Waals surface area contributed by atoms with Crippen LogP contribution in [0.5, 0.6) is 11.5 Å². The number of amides is 4. The predicted octanol–water partition coefficient (Wildman–Crippen LogP) is 5.10. The van der Waals surface area contributed by atoms with Crippen molar-refractivity contribution in [1.82, 2.24) is 40.3 Å². The first-order chi connectivity index (χ1) is 34.1. The number of terminal acetylenes is 1. The molecule has 376 valence electrons. The first-order valence-corrected chi connectivity index (χ1v) is 25.1. The van der Waals surface area contributed by atoms with Gasteiger partial charge in [-0.05, 0) is 106 Å². The fourth-order valence-electron chi connectivity index (χ4n) is 11.6. The van der Waals surface area contributed by atoms with E-state index in [1.807, 2.05) is 50.2 Å². The molecule has 3 saturated heterocycles. The lowest BCUT2D eigenvalue weighted by molar-refractivity contribution is -0.142. The zero-order valence-corrected chi connectivity index (χ0v) is 41.4. The second kappa shape index (κ2) is 20.2. The summed E-state index contributed by atoms with van der Waals surface area (Å²) in [5, 5.41) is 25.7. The van der Waals surface area contributed by atoms with Crippen molar-refractivity contribution < 1.29 is 29.3 Å². The number of piperidine rings is 1. The van der Waals surface area contributed by atoms with Gasteiger partial charge in [-0.25, -0.2) is 14.8 Å². The number of hydrogen-bond acceptors (Lipinski definition) is 12. The van der Waals surface area contributed by atoms with Gasteiger partial charge in [-0.2, -0.15) is 0 Å². The number of aromatic hydroxyl groups is 1. The van der Waals surface area contributed by atoms with Crippen LogP contribution in [-0.4, -0.2) is 128 Å². The van der Waals surface area contributed by atoms with Crippen molar-refractivity contribution in [3.05, 3.63) is 93.9 Å². The van der Waals surface area contributed by atoms with Crippen LogP contribution in [0.2, 0.25) is 0 Å². The Labute approximate surface area is 416 Å². The third-order valence-corrected chi connectivity index (χ3v) is 15.6. The number of benzene rings is 2. The van der Waals surface area contributed by atoms with Gasteiger partial charge in [-0.3, -0.25) is 9.59 Å². The number of carbonyl (C=O) groups excluding carboxylic acids is 3. The highest BCUT2D eigenvalue weighted by molar-refractivity contribution is 5.93. The molecule has 1 saturated carbocycles. The molecule has 6 heterocycles. The Kier molecular flexibility index (Phi) is 14.0. The van der Waals surface area contributed by atoms with E-state index in [0.29, 0.717) is 84.3 Å². The number of carbonyl (C=O) groups is 3. The van der Waals surface area contributed by atoms with Gasteiger partial charge in [0.1, 0.15) is 36.0 Å². The van der Waals surface area contributed by atoms with Crippen LogP contribution in [-0.2, 0) is 22.6 Å². The number of hydrogen-bond donors (Lipinski definition) is 7. The smallest absolute Gasteiger partial charge is 0.318 e. The third kappa shape index (κ3) is 10.1. The summed E-state index contributed by atoms with van der Waals surface area (Å²) in [6.07, 6.45) is 17.5. The van der Waals surface area contributed by atoms with Crippen molar-refractivity contribution in [1.29, 1.82) is 0 Å². The van der Waals surface area contributed by atoms with Gasteiger partial charge in [0.25, 0.3) is 0 Å². The molecule has 0 bridgehead atoms. The Bertz CT molecular complexity index is 2680. The first kappa shape index (κ1) is 49.2. The fourth-order valence-corrected chi connectivity index (χ4v) is 11.6. The topological polar surface area (TPSA) is 232 Å². The van der Waals surface area contributed by atoms with Gasteiger partial charge >= 0.3 is 6.03 Å². The van der Waals surface area contributed by atoms with Crippen molar-refractivity contribution in [3.8, 4) is 23.8 Å². The average Bonchev–Trinajstić information content (AvgIpc) is 3.96. The van der Waals surface area contributed by atoms with Crippen LogP contribution in [0.3, 0.4) is 0 Å². The molecule has 4 amide bonds. The number of aliphatic hydroxyl groups is 1. The summed E-state index contributed by atoms with van der Waals surface area (Å²) in [4.78, 5) is 63.0. The number of aromatic amines is 1. The van der Waals surface area contributed by atoms with E-state index in [2.05, 4.69) is 38.3 Å². The van der Waals surface area contributed by atoms with Crippen molar-refractivity contribution in [2.45, 2.75) is 109 Å². The average molecular weight is 968 g/mol. The van der Waals surface area contributed by atoms with Crippen molar-refractivity contribution >= 4 is 41.4 Å². The Morgan fingerprint density at radius 3 is 2.48 bits per heavy atom. The molecular formula is C54H69N11O6. The summed E-state index contributed by atoms with van der Waals surface area (Å²) in [6.45, 7) is 12.5. The lowest BCUT2D eigenvalue weighted by Gasteiger charge is -2.61. The fraction of sp³-hybridized carbons (Fsp3) is 0.500. The highest BCUT2D eigenvalue weighted by Gasteiger charge is 2.56. The largest absolute Gasteiger partial charge is 0.507 e. The minimum Gasteiger partial charge on any atom is -0.507 e. The Morgan fingerprint density at radius 2 is 1.79 bits per heavy atom. The second-order valence-corrected chi connectivity index (χ2v) is 21.3. The monoisotopic (exact) mass is 968 g/mol. The Balaban J connectivity index is 0.735. The van der Waals surface area contributed by atoms with Crippen LogP contribution in [0, 0.1) is 23.2 Å². The lowest BCUT2D eigenvalue weighted by Crippen LogP contribution is -2.70. The maximum absolute atomic E-state index is 14.2. The summed E-state index contributed by atoms with van der Waals surface area (Å²) in [5.74, 6) is 4.25. The molecule has 4 aliphatic heterocycles. The van der Waals surface area contributed by atoms with Crippen LogP contribution < -0.4 is 31.7 Å². The number of urea groups is 1. The standard InChI is InChI=1S/C54H69N11O6/c1-6-34-13-14-36(45(24-34)71-23-22-66)28-57-49(68)43-11-9-18-65(43)50(69)47(53(3,4)5)61-52(70)63-31-54(32-63)26-38(27-54)62-19-15-35(16-20-62)37-29-58-51(59-30-37)64-21-17-42-46(33(64)2)40(48(56)60-42)25-41(55)39-10-7-8-12-44(39)67/h1,7-8,10,12-14,24-25,29-30,33,35,38,43,47,60,66-67H,9,11,15-23,26-28,31-32,55-56H2,2-5H3,(H,57,68)(H,61,70)/b41-25-. The van der Waals surface area contributed by atoms with Crippen molar-refractivity contribution in [3.63, 3.8) is 0 Å². The normalized spacial score (nSPS) is 21.0. The van der Waals surface area contributed by atoms with Crippen LogP contribution >= 0.6 is 0 Å². The molecule has 1 aliphatic carbocycles. The zero-order chi connectivity index (χ0) is 50.2. The minimum atomic E-state index is -0.813. The number of nitrogens with one attached hydrogen (secondary N) is 3. The van der Waals surface area contributed by atoms with Gasteiger partial charge in [0.05, 0.1) is 12.6 Å². The van der Waals surface area contributed by atoms with E-state index in [4.69, 9.17) is 32.6 Å². The molecule has 3 unspecified atom stereocenters. The Hall–Kier alpha value is -6.77. The zero-order valence-electron chi connectivity index (χ0n) is 41.4. The molecule has 9 rings (SSSR count). The summed E-state index contributed by atoms with van der Waals surface area (Å²) >= 11 is 0. The minimum absolute atomic E-state index is 0.0565. The van der Waals surface area contributed by atoms with Crippen LogP contribution in [0.15, 0.2) is 54.9 Å². The number of fused-ring (bicyclic) bond motifs is 1. The number of ether oxygens (including phenoxy) is 1. The van der Waals surface area contributed by atoms with E-state index in [9.17, 15) is 24.6 Å². The molecule has 4 aromatic rings. The summed E-state index contributed by atoms with van der Waals surface area (Å²) in [5.41, 5.74) is 18.9. The number of phenolic OH excluding ortho intramolecular Hbond substituents is 1. The number of nitrogens with zero attached hydrogens (tertiary/aromatic N) is 6. The number of anilines is 2. The highest BCUT2D eigenvalue weighted by Crippen LogP contribution is 2.51. The maximum atomic E-state index is 14.2. The number of likely N-dealkylation sites (tertiary alicyclic amines) is 3. The van der Waals surface area contributed by atoms with Crippen LogP contribution in [0.25, 0.3) is 11.8 Å². The van der Waals surface area contributed by atoms with Crippen LogP contribution in [0.1, 0.15) is 117 Å². The van der Waals surface area contributed by atoms with Crippen molar-refractivity contribution in [2.75, 3.05) is 63.1 Å². The number of para-hydroxylation sites is 1. The van der Waals surface area contributed by atoms with E-state index in [0.717, 1.165) is 74.1 Å². The number of nitrogens with two attached hydrogens (primary N) is 2. The predicted molar refractivity (Wildman–Crippen MR) is 273 cm³/mol. The van der Waals surface area contributed by atoms with Gasteiger partial charge < -0.3 is 61.6 Å². The second-order valence-electron chi connectivity index (χ2n) is 21.3. The van der Waals surface area contributed by atoms with Gasteiger partial charge in [0.2, 0.25) is 17.8 Å². The molecule has 17 heteroatoms. The molecule has 2 aromatic carbocycles. The van der Waals surface area contributed by atoms with E-state index >= 15 is 0 Å². The SMILES string of the molecule is C#Cc1ccc(CNC(=O)C2CCCN2C(=O)C(NC(=O)N2CC3(CC(N4CCC(c5cnc(N6CCc7[nH]c(N)c(/C=C(\N)c8ccccc8O)c7C6C)nc5)CC4)C3)C2)C(C)(C)C)c(OCCO)c1.